The van der Waals surface area contributed by atoms with Crippen molar-refractivity contribution in [2.75, 3.05) is 11.5 Å². The smallest absolute Gasteiger partial charge is 0.326 e. The standard InChI is InChI=1S/C16H21NO6/c1-4-11(16(20)21)17-12-6-10(8-18)7-13(22-5-2)14(12)23-9(3)15(17)19/h6-7,9,11,18H,4-5,8H2,1-3H3,(H,20,21). The summed E-state index contributed by atoms with van der Waals surface area (Å²) in [5.41, 5.74) is 0.834. The van der Waals surface area contributed by atoms with Gasteiger partial charge in [-0.1, -0.05) is 6.92 Å². The maximum atomic E-state index is 12.5. The number of aliphatic hydroxyl groups is 1. The van der Waals surface area contributed by atoms with Gasteiger partial charge >= 0.3 is 5.97 Å². The number of aliphatic hydroxyl groups excluding tert-OH is 1. The van der Waals surface area contributed by atoms with E-state index in [-0.39, 0.29) is 13.0 Å². The van der Waals surface area contributed by atoms with Crippen molar-refractivity contribution in [3.63, 3.8) is 0 Å². The molecule has 7 nitrogen and oxygen atoms in total. The summed E-state index contributed by atoms with van der Waals surface area (Å²) in [6.07, 6.45) is -0.560. The molecule has 2 rings (SSSR count). The maximum Gasteiger partial charge on any atom is 0.326 e. The van der Waals surface area contributed by atoms with Gasteiger partial charge in [0, 0.05) is 0 Å². The quantitative estimate of drug-likeness (QED) is 0.824. The van der Waals surface area contributed by atoms with Crippen LogP contribution in [0.5, 0.6) is 11.5 Å². The number of fused-ring (bicyclic) bond motifs is 1. The third-order valence-corrected chi connectivity index (χ3v) is 3.70. The van der Waals surface area contributed by atoms with Crippen molar-refractivity contribution < 1.29 is 29.3 Å². The Labute approximate surface area is 134 Å². The van der Waals surface area contributed by atoms with Crippen molar-refractivity contribution >= 4 is 17.6 Å². The molecule has 1 amide bonds. The minimum Gasteiger partial charge on any atom is -0.490 e. The van der Waals surface area contributed by atoms with Crippen LogP contribution in [0.4, 0.5) is 5.69 Å². The molecule has 23 heavy (non-hydrogen) atoms. The van der Waals surface area contributed by atoms with E-state index in [0.717, 1.165) is 0 Å². The highest BCUT2D eigenvalue weighted by Crippen LogP contribution is 2.44. The van der Waals surface area contributed by atoms with Crippen LogP contribution >= 0.6 is 0 Å². The van der Waals surface area contributed by atoms with Gasteiger partial charge in [0.2, 0.25) is 0 Å². The van der Waals surface area contributed by atoms with Gasteiger partial charge in [-0.2, -0.15) is 0 Å². The van der Waals surface area contributed by atoms with Gasteiger partial charge in [-0.05, 0) is 38.0 Å². The molecule has 1 aliphatic heterocycles. The number of hydrogen-bond acceptors (Lipinski definition) is 5. The summed E-state index contributed by atoms with van der Waals surface area (Å²) in [5, 5.41) is 18.9. The van der Waals surface area contributed by atoms with Gasteiger partial charge in [0.05, 0.1) is 18.9 Å². The minimum absolute atomic E-state index is 0.251. The first-order chi connectivity index (χ1) is 10.9. The zero-order valence-corrected chi connectivity index (χ0v) is 13.4. The number of aliphatic carboxylic acids is 1. The van der Waals surface area contributed by atoms with Crippen LogP contribution in [-0.4, -0.2) is 40.8 Å². The Morgan fingerprint density at radius 2 is 2.13 bits per heavy atom. The molecule has 2 N–H and O–H groups in total. The Morgan fingerprint density at radius 1 is 1.43 bits per heavy atom. The molecule has 2 unspecified atom stereocenters. The van der Waals surface area contributed by atoms with E-state index in [4.69, 9.17) is 9.47 Å². The van der Waals surface area contributed by atoms with Crippen molar-refractivity contribution in [1.29, 1.82) is 0 Å². The average molecular weight is 323 g/mol. The molecule has 1 heterocycles. The number of hydrogen-bond donors (Lipinski definition) is 2. The first kappa shape index (κ1) is 17.1. The average Bonchev–Trinajstić information content (AvgIpc) is 2.52. The monoisotopic (exact) mass is 323 g/mol. The molecule has 0 bridgehead atoms. The summed E-state index contributed by atoms with van der Waals surface area (Å²) in [6.45, 7) is 5.20. The van der Waals surface area contributed by atoms with E-state index >= 15 is 0 Å². The molecular weight excluding hydrogens is 302 g/mol. The number of anilines is 1. The number of carboxylic acids is 1. The summed E-state index contributed by atoms with van der Waals surface area (Å²) in [7, 11) is 0. The van der Waals surface area contributed by atoms with Gasteiger partial charge in [-0.25, -0.2) is 4.79 Å². The zero-order valence-electron chi connectivity index (χ0n) is 13.4. The number of nitrogens with zero attached hydrogens (tertiary/aromatic N) is 1. The lowest BCUT2D eigenvalue weighted by molar-refractivity contribution is -0.141. The molecule has 0 aromatic heterocycles. The van der Waals surface area contributed by atoms with E-state index in [0.29, 0.717) is 29.4 Å². The second kappa shape index (κ2) is 6.87. The Kier molecular flexibility index (Phi) is 5.10. The fourth-order valence-electron chi connectivity index (χ4n) is 2.63. The second-order valence-electron chi connectivity index (χ2n) is 5.26. The molecule has 2 atom stereocenters. The van der Waals surface area contributed by atoms with E-state index < -0.39 is 24.0 Å². The Bertz CT molecular complexity index is 615. The third-order valence-electron chi connectivity index (χ3n) is 3.70. The Balaban J connectivity index is 2.65. The summed E-state index contributed by atoms with van der Waals surface area (Å²) in [6, 6.07) is 2.19. The molecule has 0 saturated heterocycles. The number of carbonyl (C=O) groups excluding carboxylic acids is 1. The van der Waals surface area contributed by atoms with E-state index in [9.17, 15) is 19.8 Å². The maximum absolute atomic E-state index is 12.5. The first-order valence-electron chi connectivity index (χ1n) is 7.57. The molecule has 1 aromatic carbocycles. The van der Waals surface area contributed by atoms with Crippen molar-refractivity contribution in [3.8, 4) is 11.5 Å². The Morgan fingerprint density at radius 3 is 2.65 bits per heavy atom. The highest BCUT2D eigenvalue weighted by molar-refractivity contribution is 6.04. The van der Waals surface area contributed by atoms with Crippen LogP contribution in [0.1, 0.15) is 32.8 Å². The van der Waals surface area contributed by atoms with Gasteiger partial charge in [-0.3, -0.25) is 9.69 Å². The van der Waals surface area contributed by atoms with Crippen LogP contribution in [0.15, 0.2) is 12.1 Å². The number of rotatable bonds is 6. The number of carboxylic acid groups (broad SMARTS) is 1. The fraction of sp³-hybridized carbons (Fsp3) is 0.500. The van der Waals surface area contributed by atoms with Crippen LogP contribution in [0.2, 0.25) is 0 Å². The molecule has 0 saturated carbocycles. The van der Waals surface area contributed by atoms with Crippen molar-refractivity contribution in [1.82, 2.24) is 0 Å². The van der Waals surface area contributed by atoms with Crippen molar-refractivity contribution in [2.24, 2.45) is 0 Å². The lowest BCUT2D eigenvalue weighted by atomic mass is 10.1. The SMILES string of the molecule is CCOc1cc(CO)cc2c1OC(C)C(=O)N2C(CC)C(=O)O. The summed E-state index contributed by atoms with van der Waals surface area (Å²) >= 11 is 0. The predicted octanol–water partition coefficient (Wildman–Crippen LogP) is 1.55. The van der Waals surface area contributed by atoms with Gasteiger partial charge in [0.1, 0.15) is 6.04 Å². The van der Waals surface area contributed by atoms with Crippen LogP contribution in [0.25, 0.3) is 0 Å². The normalized spacial score (nSPS) is 18.2. The largest absolute Gasteiger partial charge is 0.490 e. The molecule has 1 aliphatic rings. The number of benzene rings is 1. The highest BCUT2D eigenvalue weighted by atomic mass is 16.5. The van der Waals surface area contributed by atoms with E-state index in [1.165, 1.54) is 4.90 Å². The van der Waals surface area contributed by atoms with Gasteiger partial charge < -0.3 is 19.7 Å². The minimum atomic E-state index is -1.09. The summed E-state index contributed by atoms with van der Waals surface area (Å²) < 4.78 is 11.2. The van der Waals surface area contributed by atoms with E-state index in [2.05, 4.69) is 0 Å². The lowest BCUT2D eigenvalue weighted by Crippen LogP contribution is -2.52. The predicted molar refractivity (Wildman–Crippen MR) is 82.8 cm³/mol. The molecule has 0 fully saturated rings. The number of ether oxygens (including phenoxy) is 2. The summed E-state index contributed by atoms with van der Waals surface area (Å²) in [5.74, 6) is -0.799. The third kappa shape index (κ3) is 3.10. The number of amides is 1. The van der Waals surface area contributed by atoms with Gasteiger partial charge in [0.25, 0.3) is 5.91 Å². The van der Waals surface area contributed by atoms with E-state index in [1.54, 1.807) is 32.9 Å². The van der Waals surface area contributed by atoms with Crippen LogP contribution in [0, 0.1) is 0 Å². The molecular formula is C16H21NO6. The molecule has 126 valence electrons. The van der Waals surface area contributed by atoms with Gasteiger partial charge in [-0.15, -0.1) is 0 Å². The van der Waals surface area contributed by atoms with Gasteiger partial charge in [0.15, 0.2) is 17.6 Å². The van der Waals surface area contributed by atoms with Crippen LogP contribution < -0.4 is 14.4 Å². The zero-order chi connectivity index (χ0) is 17.1. The first-order valence-corrected chi connectivity index (χ1v) is 7.57. The Hall–Kier alpha value is -2.28. The van der Waals surface area contributed by atoms with Crippen LogP contribution in [0.3, 0.4) is 0 Å². The summed E-state index contributed by atoms with van der Waals surface area (Å²) in [4.78, 5) is 25.3. The molecule has 0 spiro atoms. The topological polar surface area (TPSA) is 96.3 Å². The number of carbonyl (C=O) groups is 2. The fourth-order valence-corrected chi connectivity index (χ4v) is 2.63. The molecule has 0 radical (unpaired) electrons. The second-order valence-corrected chi connectivity index (χ2v) is 5.26. The molecule has 7 heteroatoms. The van der Waals surface area contributed by atoms with Crippen molar-refractivity contribution in [2.45, 2.75) is 45.9 Å². The molecule has 1 aromatic rings. The van der Waals surface area contributed by atoms with E-state index in [1.807, 2.05) is 0 Å². The highest BCUT2D eigenvalue weighted by Gasteiger charge is 2.40. The lowest BCUT2D eigenvalue weighted by Gasteiger charge is -2.37. The van der Waals surface area contributed by atoms with Crippen molar-refractivity contribution in [3.05, 3.63) is 17.7 Å². The molecule has 0 aliphatic carbocycles. The van der Waals surface area contributed by atoms with Crippen LogP contribution in [-0.2, 0) is 16.2 Å².